The van der Waals surface area contributed by atoms with Gasteiger partial charge in [0.15, 0.2) is 0 Å². The van der Waals surface area contributed by atoms with Crippen molar-refractivity contribution in [2.75, 3.05) is 42.1 Å². The quantitative estimate of drug-likeness (QED) is 0.501. The van der Waals surface area contributed by atoms with Gasteiger partial charge in [0.2, 0.25) is 0 Å². The molecule has 1 fully saturated rings. The molecule has 0 aromatic heterocycles. The molecule has 34 heavy (non-hydrogen) atoms. The molecule has 0 spiro atoms. The minimum atomic E-state index is -0.320. The molecule has 3 aromatic carbocycles. The van der Waals surface area contributed by atoms with Gasteiger partial charge in [0.05, 0.1) is 5.56 Å². The number of rotatable bonds is 5. The van der Waals surface area contributed by atoms with Crippen LogP contribution in [0.2, 0.25) is 0 Å². The van der Waals surface area contributed by atoms with Gasteiger partial charge < -0.3 is 26.2 Å². The van der Waals surface area contributed by atoms with Crippen LogP contribution in [0.15, 0.2) is 66.7 Å². The average molecular weight is 462 g/mol. The molecule has 1 aliphatic rings. The lowest BCUT2D eigenvalue weighted by Crippen LogP contribution is -2.50. The predicted octanol–water partition coefficient (Wildman–Crippen LogP) is 4.00. The lowest BCUT2D eigenvalue weighted by Gasteiger charge is -2.36. The van der Waals surface area contributed by atoms with Crippen LogP contribution in [0.3, 0.4) is 0 Å². The third kappa shape index (κ3) is 5.64. The van der Waals surface area contributed by atoms with Crippen LogP contribution in [0.25, 0.3) is 0 Å². The van der Waals surface area contributed by atoms with Gasteiger partial charge in [-0.25, -0.2) is 9.18 Å². The minimum Gasteiger partial charge on any atom is -0.399 e. The van der Waals surface area contributed by atoms with E-state index in [2.05, 4.69) is 15.5 Å². The second-order valence-corrected chi connectivity index (χ2v) is 8.36. The Bertz CT molecular complexity index is 1160. The van der Waals surface area contributed by atoms with Crippen LogP contribution in [-0.2, 0) is 6.54 Å². The Hall–Kier alpha value is -4.07. The van der Waals surface area contributed by atoms with E-state index in [4.69, 9.17) is 5.73 Å². The summed E-state index contributed by atoms with van der Waals surface area (Å²) in [5.41, 5.74) is 10.4. The van der Waals surface area contributed by atoms with E-state index >= 15 is 0 Å². The SMILES string of the molecule is Cc1ccc(NC(=O)N2CCN(c3ccc(N)cc3C(=O)NCc3ccc(F)cc3)CC2)cc1. The molecule has 4 rings (SSSR count). The summed E-state index contributed by atoms with van der Waals surface area (Å²) in [5.74, 6) is -0.578. The van der Waals surface area contributed by atoms with Crippen LogP contribution in [0, 0.1) is 12.7 Å². The maximum Gasteiger partial charge on any atom is 0.321 e. The number of aryl methyl sites for hydroxylation is 1. The highest BCUT2D eigenvalue weighted by molar-refractivity contribution is 6.00. The number of nitrogens with one attached hydrogen (secondary N) is 2. The van der Waals surface area contributed by atoms with Crippen molar-refractivity contribution in [2.45, 2.75) is 13.5 Å². The van der Waals surface area contributed by atoms with Crippen LogP contribution < -0.4 is 21.3 Å². The van der Waals surface area contributed by atoms with E-state index in [0.29, 0.717) is 37.4 Å². The molecule has 8 heteroatoms. The van der Waals surface area contributed by atoms with Crippen LogP contribution in [-0.4, -0.2) is 43.0 Å². The molecule has 1 heterocycles. The van der Waals surface area contributed by atoms with Gasteiger partial charge in [0.25, 0.3) is 5.91 Å². The van der Waals surface area contributed by atoms with Crippen molar-refractivity contribution in [1.29, 1.82) is 0 Å². The minimum absolute atomic E-state index is 0.141. The van der Waals surface area contributed by atoms with Gasteiger partial charge in [-0.15, -0.1) is 0 Å². The monoisotopic (exact) mass is 461 g/mol. The zero-order chi connectivity index (χ0) is 24.1. The van der Waals surface area contributed by atoms with Gasteiger partial charge in [0.1, 0.15) is 5.82 Å². The number of benzene rings is 3. The summed E-state index contributed by atoms with van der Waals surface area (Å²) in [5, 5.41) is 5.81. The maximum absolute atomic E-state index is 13.1. The molecule has 0 atom stereocenters. The van der Waals surface area contributed by atoms with Crippen LogP contribution in [0.5, 0.6) is 0 Å². The molecule has 7 nitrogen and oxygen atoms in total. The Kier molecular flexibility index (Phi) is 6.96. The van der Waals surface area contributed by atoms with Gasteiger partial charge in [0, 0.05) is 49.8 Å². The third-order valence-electron chi connectivity index (χ3n) is 5.84. The molecule has 1 aliphatic heterocycles. The number of nitrogens with zero attached hydrogens (tertiary/aromatic N) is 2. The number of piperazine rings is 1. The number of anilines is 3. The fourth-order valence-corrected chi connectivity index (χ4v) is 3.88. The zero-order valence-corrected chi connectivity index (χ0v) is 19.1. The summed E-state index contributed by atoms with van der Waals surface area (Å²) in [7, 11) is 0. The Morgan fingerprint density at radius 1 is 0.941 bits per heavy atom. The predicted molar refractivity (Wildman–Crippen MR) is 132 cm³/mol. The number of carbonyl (C=O) groups excluding carboxylic acids is 2. The molecule has 1 saturated heterocycles. The van der Waals surface area contributed by atoms with Crippen LogP contribution in [0.1, 0.15) is 21.5 Å². The standard InChI is InChI=1S/C26H28FN5O2/c1-18-2-9-22(10-3-18)30-26(34)32-14-12-31(13-15-32)24-11-8-21(28)16-23(24)25(33)29-17-19-4-6-20(27)7-5-19/h2-11,16H,12-15,17,28H2,1H3,(H,29,33)(H,30,34). The van der Waals surface area contributed by atoms with Crippen LogP contribution >= 0.6 is 0 Å². The topological polar surface area (TPSA) is 90.7 Å². The van der Waals surface area contributed by atoms with E-state index in [-0.39, 0.29) is 24.3 Å². The van der Waals surface area contributed by atoms with Crippen molar-refractivity contribution in [3.8, 4) is 0 Å². The van der Waals surface area contributed by atoms with Crippen molar-refractivity contribution in [1.82, 2.24) is 10.2 Å². The van der Waals surface area contributed by atoms with E-state index in [0.717, 1.165) is 22.5 Å². The molecule has 4 N–H and O–H groups in total. The molecule has 0 unspecified atom stereocenters. The molecular weight excluding hydrogens is 433 g/mol. The highest BCUT2D eigenvalue weighted by Gasteiger charge is 2.24. The summed E-state index contributed by atoms with van der Waals surface area (Å²) < 4.78 is 13.1. The van der Waals surface area contributed by atoms with Crippen molar-refractivity contribution >= 4 is 29.0 Å². The molecule has 176 valence electrons. The molecule has 0 radical (unpaired) electrons. The van der Waals surface area contributed by atoms with Gasteiger partial charge in [-0.2, -0.15) is 0 Å². The van der Waals surface area contributed by atoms with E-state index in [1.54, 1.807) is 29.2 Å². The molecule has 0 saturated carbocycles. The number of amides is 3. The fraction of sp³-hybridized carbons (Fsp3) is 0.231. The summed E-state index contributed by atoms with van der Waals surface area (Å²) >= 11 is 0. The molecule has 3 amide bonds. The lowest BCUT2D eigenvalue weighted by molar-refractivity contribution is 0.0951. The zero-order valence-electron chi connectivity index (χ0n) is 19.1. The van der Waals surface area contributed by atoms with E-state index in [1.807, 2.05) is 37.3 Å². The average Bonchev–Trinajstić information content (AvgIpc) is 2.85. The Morgan fingerprint density at radius 2 is 1.62 bits per heavy atom. The van der Waals surface area contributed by atoms with Gasteiger partial charge in [-0.3, -0.25) is 4.79 Å². The first-order valence-electron chi connectivity index (χ1n) is 11.2. The Balaban J connectivity index is 1.38. The third-order valence-corrected chi connectivity index (χ3v) is 5.84. The Labute approximate surface area is 198 Å². The van der Waals surface area contributed by atoms with Crippen molar-refractivity contribution < 1.29 is 14.0 Å². The second kappa shape index (κ2) is 10.2. The highest BCUT2D eigenvalue weighted by atomic mass is 19.1. The highest BCUT2D eigenvalue weighted by Crippen LogP contribution is 2.25. The summed E-state index contributed by atoms with van der Waals surface area (Å²) in [6, 6.07) is 18.8. The van der Waals surface area contributed by atoms with Crippen molar-refractivity contribution in [3.63, 3.8) is 0 Å². The second-order valence-electron chi connectivity index (χ2n) is 8.36. The van der Waals surface area contributed by atoms with E-state index in [9.17, 15) is 14.0 Å². The van der Waals surface area contributed by atoms with Crippen molar-refractivity contribution in [2.24, 2.45) is 0 Å². The van der Waals surface area contributed by atoms with Gasteiger partial charge in [-0.1, -0.05) is 29.8 Å². The maximum atomic E-state index is 13.1. The number of nitrogens with two attached hydrogens (primary N) is 1. The first-order chi connectivity index (χ1) is 16.4. The van der Waals surface area contributed by atoms with Crippen LogP contribution in [0.4, 0.5) is 26.2 Å². The Morgan fingerprint density at radius 3 is 2.29 bits per heavy atom. The molecule has 0 bridgehead atoms. The number of carbonyl (C=O) groups is 2. The number of hydrogen-bond donors (Lipinski definition) is 3. The number of nitrogen functional groups attached to an aromatic ring is 1. The fourth-order valence-electron chi connectivity index (χ4n) is 3.88. The molecular formula is C26H28FN5O2. The van der Waals surface area contributed by atoms with E-state index < -0.39 is 0 Å². The van der Waals surface area contributed by atoms with Gasteiger partial charge in [-0.05, 0) is 55.0 Å². The first kappa shape index (κ1) is 23.1. The molecule has 3 aromatic rings. The summed E-state index contributed by atoms with van der Waals surface area (Å²) in [4.78, 5) is 29.5. The largest absolute Gasteiger partial charge is 0.399 e. The van der Waals surface area contributed by atoms with Gasteiger partial charge >= 0.3 is 6.03 Å². The number of hydrogen-bond acceptors (Lipinski definition) is 4. The van der Waals surface area contributed by atoms with E-state index in [1.165, 1.54) is 12.1 Å². The molecule has 0 aliphatic carbocycles. The normalized spacial score (nSPS) is 13.5. The smallest absolute Gasteiger partial charge is 0.321 e. The summed E-state index contributed by atoms with van der Waals surface area (Å²) in [6.45, 7) is 4.50. The van der Waals surface area contributed by atoms with Crippen molar-refractivity contribution in [3.05, 3.63) is 89.2 Å². The first-order valence-corrected chi connectivity index (χ1v) is 11.2. The summed E-state index contributed by atoms with van der Waals surface area (Å²) in [6.07, 6.45) is 0. The number of halogens is 1. The number of urea groups is 1. The lowest BCUT2D eigenvalue weighted by atomic mass is 10.1.